The van der Waals surface area contributed by atoms with Gasteiger partial charge in [-0.2, -0.15) is 13.2 Å². The predicted molar refractivity (Wildman–Crippen MR) is 115 cm³/mol. The smallest absolute Gasteiger partial charge is 0.325 e. The number of nitro groups is 1. The van der Waals surface area contributed by atoms with Crippen LogP contribution in [0.5, 0.6) is 0 Å². The maximum Gasteiger partial charge on any atom is 0.417 e. The van der Waals surface area contributed by atoms with Crippen LogP contribution in [0.1, 0.15) is 11.1 Å². The molecule has 2 aromatic rings. The molecule has 1 aliphatic heterocycles. The first-order chi connectivity index (χ1) is 15.1. The van der Waals surface area contributed by atoms with Gasteiger partial charge in [-0.1, -0.05) is 23.7 Å². The van der Waals surface area contributed by atoms with Crippen molar-refractivity contribution in [3.05, 3.63) is 68.7 Å². The second kappa shape index (κ2) is 10.3. The molecule has 0 saturated carbocycles. The van der Waals surface area contributed by atoms with Gasteiger partial charge in [0.25, 0.3) is 5.69 Å². The first-order valence-electron chi connectivity index (χ1n) is 9.96. The van der Waals surface area contributed by atoms with E-state index in [4.69, 9.17) is 11.6 Å². The van der Waals surface area contributed by atoms with Gasteiger partial charge in [-0.15, -0.1) is 0 Å². The Labute approximate surface area is 187 Å². The Morgan fingerprint density at radius 3 is 2.28 bits per heavy atom. The zero-order valence-electron chi connectivity index (χ0n) is 17.1. The van der Waals surface area contributed by atoms with E-state index >= 15 is 0 Å². The molecule has 0 spiro atoms. The molecule has 1 amide bonds. The zero-order valence-corrected chi connectivity index (χ0v) is 17.8. The van der Waals surface area contributed by atoms with Gasteiger partial charge in [-0.25, -0.2) is 0 Å². The highest BCUT2D eigenvalue weighted by atomic mass is 35.5. The third kappa shape index (κ3) is 6.65. The average Bonchev–Trinajstić information content (AvgIpc) is 2.74. The van der Waals surface area contributed by atoms with E-state index in [-0.39, 0.29) is 23.8 Å². The molecule has 2 aromatic carbocycles. The molecule has 1 fully saturated rings. The second-order valence-electron chi connectivity index (χ2n) is 7.53. The molecule has 172 valence electrons. The second-order valence-corrected chi connectivity index (χ2v) is 7.94. The fourth-order valence-electron chi connectivity index (χ4n) is 3.47. The molecule has 0 bridgehead atoms. The molecule has 3 rings (SSSR count). The van der Waals surface area contributed by atoms with E-state index in [1.165, 1.54) is 18.2 Å². The molecule has 0 unspecified atom stereocenters. The normalized spacial score (nSPS) is 15.5. The Balaban J connectivity index is 1.43. The van der Waals surface area contributed by atoms with Crippen LogP contribution in [-0.4, -0.2) is 59.9 Å². The van der Waals surface area contributed by atoms with Gasteiger partial charge < -0.3 is 10.2 Å². The van der Waals surface area contributed by atoms with E-state index < -0.39 is 21.7 Å². The molecule has 0 radical (unpaired) electrons. The van der Waals surface area contributed by atoms with Crippen molar-refractivity contribution in [2.75, 3.05) is 44.6 Å². The summed E-state index contributed by atoms with van der Waals surface area (Å²) in [6.45, 7) is 3.69. The number of rotatable bonds is 7. The van der Waals surface area contributed by atoms with Gasteiger partial charge in [0, 0.05) is 50.5 Å². The van der Waals surface area contributed by atoms with Crippen LogP contribution < -0.4 is 5.32 Å². The van der Waals surface area contributed by atoms with Crippen LogP contribution in [0.25, 0.3) is 0 Å². The quantitative estimate of drug-likeness (QED) is 0.487. The van der Waals surface area contributed by atoms with E-state index in [9.17, 15) is 28.1 Å². The lowest BCUT2D eigenvalue weighted by molar-refractivity contribution is -0.384. The number of benzene rings is 2. The number of carbonyl (C=O) groups excluding carboxylic acids is 1. The molecule has 0 aromatic heterocycles. The highest BCUT2D eigenvalue weighted by Crippen LogP contribution is 2.36. The topological polar surface area (TPSA) is 78.7 Å². The van der Waals surface area contributed by atoms with Gasteiger partial charge in [0.2, 0.25) is 5.91 Å². The standard InChI is InChI=1S/C21H22ClF3N4O3/c22-19-6-3-16(13-18(19)21(23,24)25)26-20(30)14-28-11-9-27(10-12-28)8-7-15-1-4-17(5-2-15)29(31)32/h1-6,13H,7-12,14H2,(H,26,30). The van der Waals surface area contributed by atoms with Gasteiger partial charge in [0.1, 0.15) is 0 Å². The molecule has 11 heteroatoms. The van der Waals surface area contributed by atoms with E-state index in [2.05, 4.69) is 10.2 Å². The summed E-state index contributed by atoms with van der Waals surface area (Å²) in [5.74, 6) is -0.389. The Bertz CT molecular complexity index is 962. The van der Waals surface area contributed by atoms with Crippen molar-refractivity contribution in [3.8, 4) is 0 Å². The SMILES string of the molecule is O=C(CN1CCN(CCc2ccc([N+](=O)[O-])cc2)CC1)Nc1ccc(Cl)c(C(F)(F)F)c1. The maximum absolute atomic E-state index is 13.0. The van der Waals surface area contributed by atoms with Crippen LogP contribution in [0.2, 0.25) is 5.02 Å². The number of nitrogens with zero attached hydrogens (tertiary/aromatic N) is 3. The number of alkyl halides is 3. The third-order valence-corrected chi connectivity index (χ3v) is 5.58. The molecule has 1 saturated heterocycles. The summed E-state index contributed by atoms with van der Waals surface area (Å²) in [6.07, 6.45) is -3.83. The Morgan fingerprint density at radius 2 is 1.69 bits per heavy atom. The predicted octanol–water partition coefficient (Wildman–Crippen LogP) is 4.07. The number of halogens is 4. The van der Waals surface area contributed by atoms with E-state index in [0.717, 1.165) is 43.8 Å². The fourth-order valence-corrected chi connectivity index (χ4v) is 3.69. The minimum Gasteiger partial charge on any atom is -0.325 e. The van der Waals surface area contributed by atoms with E-state index in [1.807, 2.05) is 4.90 Å². The summed E-state index contributed by atoms with van der Waals surface area (Å²) in [6, 6.07) is 9.76. The van der Waals surface area contributed by atoms with Crippen LogP contribution in [0.3, 0.4) is 0 Å². The number of amides is 1. The van der Waals surface area contributed by atoms with Crippen LogP contribution in [0.4, 0.5) is 24.5 Å². The number of nitro benzene ring substituents is 1. The largest absolute Gasteiger partial charge is 0.417 e. The molecule has 0 atom stereocenters. The lowest BCUT2D eigenvalue weighted by atomic mass is 10.1. The van der Waals surface area contributed by atoms with Crippen molar-refractivity contribution in [2.45, 2.75) is 12.6 Å². The monoisotopic (exact) mass is 470 g/mol. The molecule has 32 heavy (non-hydrogen) atoms. The first kappa shape index (κ1) is 24.0. The lowest BCUT2D eigenvalue weighted by Gasteiger charge is -2.34. The number of hydrogen-bond donors (Lipinski definition) is 1. The Hall–Kier alpha value is -2.69. The third-order valence-electron chi connectivity index (χ3n) is 5.25. The number of piperazine rings is 1. The molecule has 1 heterocycles. The summed E-state index contributed by atoms with van der Waals surface area (Å²) < 4.78 is 38.9. The van der Waals surface area contributed by atoms with Crippen molar-refractivity contribution in [1.82, 2.24) is 9.80 Å². The molecule has 1 aliphatic rings. The van der Waals surface area contributed by atoms with Crippen molar-refractivity contribution >= 4 is 28.9 Å². The number of nitrogens with one attached hydrogen (secondary N) is 1. The van der Waals surface area contributed by atoms with Gasteiger partial charge in [-0.3, -0.25) is 19.8 Å². The maximum atomic E-state index is 13.0. The summed E-state index contributed by atoms with van der Waals surface area (Å²) in [7, 11) is 0. The molecule has 1 N–H and O–H groups in total. The van der Waals surface area contributed by atoms with Crippen molar-refractivity contribution < 1.29 is 22.9 Å². The van der Waals surface area contributed by atoms with Crippen LogP contribution in [-0.2, 0) is 17.4 Å². The van der Waals surface area contributed by atoms with E-state index in [0.29, 0.717) is 13.1 Å². The van der Waals surface area contributed by atoms with Crippen molar-refractivity contribution in [2.24, 2.45) is 0 Å². The van der Waals surface area contributed by atoms with Gasteiger partial charge in [0.15, 0.2) is 0 Å². The minimum absolute atomic E-state index is 0.0495. The summed E-state index contributed by atoms with van der Waals surface area (Å²) in [5, 5.41) is 12.8. The summed E-state index contributed by atoms with van der Waals surface area (Å²) >= 11 is 5.60. The minimum atomic E-state index is -4.59. The highest BCUT2D eigenvalue weighted by molar-refractivity contribution is 6.31. The number of hydrogen-bond acceptors (Lipinski definition) is 5. The van der Waals surface area contributed by atoms with Crippen molar-refractivity contribution in [1.29, 1.82) is 0 Å². The number of carbonyl (C=O) groups is 1. The fraction of sp³-hybridized carbons (Fsp3) is 0.381. The van der Waals surface area contributed by atoms with Crippen LogP contribution in [0.15, 0.2) is 42.5 Å². The average molecular weight is 471 g/mol. The van der Waals surface area contributed by atoms with Gasteiger partial charge >= 0.3 is 6.18 Å². The lowest BCUT2D eigenvalue weighted by Crippen LogP contribution is -2.49. The van der Waals surface area contributed by atoms with Crippen molar-refractivity contribution in [3.63, 3.8) is 0 Å². The van der Waals surface area contributed by atoms with Crippen LogP contribution in [0, 0.1) is 10.1 Å². The van der Waals surface area contributed by atoms with E-state index in [1.54, 1.807) is 12.1 Å². The molecule has 7 nitrogen and oxygen atoms in total. The molecular weight excluding hydrogens is 449 g/mol. The summed E-state index contributed by atoms with van der Waals surface area (Å²) in [5.41, 5.74) is 0.138. The zero-order chi connectivity index (χ0) is 23.3. The summed E-state index contributed by atoms with van der Waals surface area (Å²) in [4.78, 5) is 26.7. The molecule has 0 aliphatic carbocycles. The highest BCUT2D eigenvalue weighted by Gasteiger charge is 2.33. The van der Waals surface area contributed by atoms with Crippen LogP contribution >= 0.6 is 11.6 Å². The molecular formula is C21H22ClF3N4O3. The number of non-ortho nitro benzene ring substituents is 1. The Morgan fingerprint density at radius 1 is 1.06 bits per heavy atom. The Kier molecular flexibility index (Phi) is 7.70. The van der Waals surface area contributed by atoms with Gasteiger partial charge in [0.05, 0.1) is 22.1 Å². The number of anilines is 1. The van der Waals surface area contributed by atoms with Gasteiger partial charge in [-0.05, 0) is 30.2 Å². The first-order valence-corrected chi connectivity index (χ1v) is 10.3.